The van der Waals surface area contributed by atoms with Crippen molar-refractivity contribution < 1.29 is 19.4 Å². The molecule has 1 heterocycles. The fourth-order valence-corrected chi connectivity index (χ4v) is 2.96. The van der Waals surface area contributed by atoms with Crippen LogP contribution >= 0.6 is 0 Å². The highest BCUT2D eigenvalue weighted by Crippen LogP contribution is 2.29. The van der Waals surface area contributed by atoms with Crippen LogP contribution in [0.4, 0.5) is 0 Å². The molecule has 1 fully saturated rings. The third-order valence-electron chi connectivity index (χ3n) is 4.07. The number of hydrogen-bond acceptors (Lipinski definition) is 3. The van der Waals surface area contributed by atoms with Gasteiger partial charge in [-0.3, -0.25) is 9.59 Å². The second kappa shape index (κ2) is 5.15. The molecule has 3 unspecified atom stereocenters. The molecule has 1 saturated carbocycles. The van der Waals surface area contributed by atoms with Crippen molar-refractivity contribution in [3.63, 3.8) is 0 Å². The predicted molar refractivity (Wildman–Crippen MR) is 71.5 cm³/mol. The van der Waals surface area contributed by atoms with Crippen LogP contribution in [0.5, 0.6) is 5.75 Å². The smallest absolute Gasteiger partial charge is 0.306 e. The van der Waals surface area contributed by atoms with Crippen molar-refractivity contribution in [2.24, 2.45) is 5.92 Å². The van der Waals surface area contributed by atoms with Crippen LogP contribution in [-0.4, -0.2) is 29.1 Å². The molecule has 1 aromatic carbocycles. The van der Waals surface area contributed by atoms with Gasteiger partial charge in [0.2, 0.25) is 0 Å². The Balaban J connectivity index is 1.56. The lowest BCUT2D eigenvalue weighted by atomic mass is 10.1. The van der Waals surface area contributed by atoms with E-state index in [0.717, 1.165) is 17.7 Å². The van der Waals surface area contributed by atoms with Crippen LogP contribution in [0.25, 0.3) is 0 Å². The number of fused-ring (bicyclic) bond motifs is 1. The standard InChI is InChI=1S/C15H17NO4/c17-14(16-11-6-5-10(7-11)15(18)19)13-8-9-3-1-2-4-12(9)20-13/h1-4,10-11,13H,5-8H2,(H,16,17)(H,18,19). The van der Waals surface area contributed by atoms with Gasteiger partial charge in [0.05, 0.1) is 5.92 Å². The molecule has 2 aliphatic rings. The molecular weight excluding hydrogens is 258 g/mol. The van der Waals surface area contributed by atoms with Gasteiger partial charge in [0.1, 0.15) is 5.75 Å². The molecule has 106 valence electrons. The summed E-state index contributed by atoms with van der Waals surface area (Å²) in [4.78, 5) is 23.1. The van der Waals surface area contributed by atoms with Crippen molar-refractivity contribution in [1.82, 2.24) is 5.32 Å². The molecule has 1 aliphatic heterocycles. The molecule has 0 radical (unpaired) electrons. The molecular formula is C15H17NO4. The summed E-state index contributed by atoms with van der Waals surface area (Å²) in [5.41, 5.74) is 1.04. The van der Waals surface area contributed by atoms with Crippen molar-refractivity contribution in [2.45, 2.75) is 37.8 Å². The number of carboxylic acids is 1. The first-order chi connectivity index (χ1) is 9.63. The van der Waals surface area contributed by atoms with Crippen LogP contribution < -0.4 is 10.1 Å². The number of carbonyl (C=O) groups is 2. The summed E-state index contributed by atoms with van der Waals surface area (Å²) in [7, 11) is 0. The number of aliphatic carboxylic acids is 1. The first-order valence-corrected chi connectivity index (χ1v) is 6.91. The third-order valence-corrected chi connectivity index (χ3v) is 4.07. The third kappa shape index (κ3) is 2.48. The highest BCUT2D eigenvalue weighted by Gasteiger charge is 2.34. The summed E-state index contributed by atoms with van der Waals surface area (Å²) in [6.07, 6.45) is 1.96. The second-order valence-corrected chi connectivity index (χ2v) is 5.47. The quantitative estimate of drug-likeness (QED) is 0.873. The molecule has 0 aromatic heterocycles. The van der Waals surface area contributed by atoms with E-state index < -0.39 is 12.1 Å². The minimum absolute atomic E-state index is 0.0455. The number of carbonyl (C=O) groups excluding carboxylic acids is 1. The Kier molecular flexibility index (Phi) is 3.34. The molecule has 0 saturated heterocycles. The SMILES string of the molecule is O=C(O)C1CCC(NC(=O)C2Cc3ccccc3O2)C1. The van der Waals surface area contributed by atoms with E-state index in [-0.39, 0.29) is 17.9 Å². The van der Waals surface area contributed by atoms with Gasteiger partial charge < -0.3 is 15.2 Å². The number of nitrogens with one attached hydrogen (secondary N) is 1. The van der Waals surface area contributed by atoms with Crippen LogP contribution in [0.1, 0.15) is 24.8 Å². The molecule has 0 spiro atoms. The van der Waals surface area contributed by atoms with Crippen molar-refractivity contribution in [3.05, 3.63) is 29.8 Å². The summed E-state index contributed by atoms with van der Waals surface area (Å²) in [5.74, 6) is -0.479. The van der Waals surface area contributed by atoms with Gasteiger partial charge in [0.15, 0.2) is 6.10 Å². The van der Waals surface area contributed by atoms with Crippen LogP contribution in [-0.2, 0) is 16.0 Å². The van der Waals surface area contributed by atoms with Gasteiger partial charge >= 0.3 is 5.97 Å². The van der Waals surface area contributed by atoms with E-state index in [0.29, 0.717) is 19.3 Å². The van der Waals surface area contributed by atoms with Crippen molar-refractivity contribution in [1.29, 1.82) is 0 Å². The summed E-state index contributed by atoms with van der Waals surface area (Å²) in [6, 6.07) is 7.58. The lowest BCUT2D eigenvalue weighted by Gasteiger charge is -2.16. The lowest BCUT2D eigenvalue weighted by Crippen LogP contribution is -2.42. The Morgan fingerprint density at radius 3 is 2.75 bits per heavy atom. The lowest BCUT2D eigenvalue weighted by molar-refractivity contribution is -0.141. The van der Waals surface area contributed by atoms with Crippen LogP contribution in [0, 0.1) is 5.92 Å². The number of carboxylic acid groups (broad SMARTS) is 1. The predicted octanol–water partition coefficient (Wildman–Crippen LogP) is 1.36. The summed E-state index contributed by atoms with van der Waals surface area (Å²) in [5, 5.41) is 11.9. The van der Waals surface area contributed by atoms with Crippen LogP contribution in [0.3, 0.4) is 0 Å². The maximum absolute atomic E-state index is 12.2. The Morgan fingerprint density at radius 1 is 1.25 bits per heavy atom. The van der Waals surface area contributed by atoms with Gasteiger partial charge in [-0.15, -0.1) is 0 Å². The van der Waals surface area contributed by atoms with Crippen LogP contribution in [0.2, 0.25) is 0 Å². The Labute approximate surface area is 116 Å². The van der Waals surface area contributed by atoms with E-state index in [4.69, 9.17) is 9.84 Å². The highest BCUT2D eigenvalue weighted by molar-refractivity contribution is 5.83. The molecule has 5 heteroatoms. The molecule has 1 aromatic rings. The Hall–Kier alpha value is -2.04. The van der Waals surface area contributed by atoms with Crippen molar-refractivity contribution >= 4 is 11.9 Å². The number of hydrogen-bond donors (Lipinski definition) is 2. The molecule has 0 bridgehead atoms. The second-order valence-electron chi connectivity index (χ2n) is 5.47. The van der Waals surface area contributed by atoms with Crippen LogP contribution in [0.15, 0.2) is 24.3 Å². The average Bonchev–Trinajstić information content (AvgIpc) is 3.04. The molecule has 20 heavy (non-hydrogen) atoms. The fourth-order valence-electron chi connectivity index (χ4n) is 2.96. The minimum atomic E-state index is -0.772. The highest BCUT2D eigenvalue weighted by atomic mass is 16.5. The minimum Gasteiger partial charge on any atom is -0.481 e. The molecule has 3 atom stereocenters. The van der Waals surface area contributed by atoms with Gasteiger partial charge in [-0.2, -0.15) is 0 Å². The molecule has 3 rings (SSSR count). The first-order valence-electron chi connectivity index (χ1n) is 6.91. The summed E-state index contributed by atoms with van der Waals surface area (Å²) in [6.45, 7) is 0. The van der Waals surface area contributed by atoms with Gasteiger partial charge in [0.25, 0.3) is 5.91 Å². The Morgan fingerprint density at radius 2 is 2.05 bits per heavy atom. The van der Waals surface area contributed by atoms with E-state index in [1.807, 2.05) is 24.3 Å². The van der Waals surface area contributed by atoms with Gasteiger partial charge in [-0.25, -0.2) is 0 Å². The van der Waals surface area contributed by atoms with E-state index in [1.54, 1.807) is 0 Å². The van der Waals surface area contributed by atoms with Gasteiger partial charge in [-0.1, -0.05) is 18.2 Å². The number of amides is 1. The van der Waals surface area contributed by atoms with E-state index >= 15 is 0 Å². The Bertz CT molecular complexity index is 517. The molecule has 1 aliphatic carbocycles. The number of para-hydroxylation sites is 1. The summed E-state index contributed by atoms with van der Waals surface area (Å²) < 4.78 is 5.62. The topological polar surface area (TPSA) is 75.6 Å². The average molecular weight is 275 g/mol. The maximum atomic E-state index is 12.2. The molecule has 1 amide bonds. The van der Waals surface area contributed by atoms with E-state index in [2.05, 4.69) is 5.32 Å². The van der Waals surface area contributed by atoms with E-state index in [9.17, 15) is 9.59 Å². The zero-order chi connectivity index (χ0) is 14.1. The number of ether oxygens (including phenoxy) is 1. The zero-order valence-corrected chi connectivity index (χ0v) is 11.0. The summed E-state index contributed by atoms with van der Waals surface area (Å²) >= 11 is 0. The number of benzene rings is 1. The zero-order valence-electron chi connectivity index (χ0n) is 11.0. The monoisotopic (exact) mass is 275 g/mol. The molecule has 5 nitrogen and oxygen atoms in total. The van der Waals surface area contributed by atoms with Crippen molar-refractivity contribution in [2.75, 3.05) is 0 Å². The fraction of sp³-hybridized carbons (Fsp3) is 0.467. The van der Waals surface area contributed by atoms with Crippen molar-refractivity contribution in [3.8, 4) is 5.75 Å². The maximum Gasteiger partial charge on any atom is 0.306 e. The largest absolute Gasteiger partial charge is 0.481 e. The van der Waals surface area contributed by atoms with Gasteiger partial charge in [-0.05, 0) is 30.9 Å². The first kappa shape index (κ1) is 13.0. The normalized spacial score (nSPS) is 27.7. The number of rotatable bonds is 3. The van der Waals surface area contributed by atoms with Gasteiger partial charge in [0, 0.05) is 12.5 Å². The molecule has 2 N–H and O–H groups in total. The van der Waals surface area contributed by atoms with E-state index in [1.165, 1.54) is 0 Å².